The number of H-pyrrole nitrogens is 1. The summed E-state index contributed by atoms with van der Waals surface area (Å²) in [4.78, 5) is 22.3. The lowest BCUT2D eigenvalue weighted by atomic mass is 10.1. The summed E-state index contributed by atoms with van der Waals surface area (Å²) in [5.41, 5.74) is 2.59. The van der Waals surface area contributed by atoms with Gasteiger partial charge in [-0.05, 0) is 55.3 Å². The highest BCUT2D eigenvalue weighted by Crippen LogP contribution is 2.23. The van der Waals surface area contributed by atoms with Crippen molar-refractivity contribution in [2.45, 2.75) is 32.9 Å². The van der Waals surface area contributed by atoms with Gasteiger partial charge in [0.25, 0.3) is 5.91 Å². The normalized spacial score (nSPS) is 12.1. The van der Waals surface area contributed by atoms with Crippen molar-refractivity contribution in [1.82, 2.24) is 14.9 Å². The number of carbonyl (C=O) groups is 1. The molecule has 1 amide bonds. The van der Waals surface area contributed by atoms with Gasteiger partial charge in [0.15, 0.2) is 0 Å². The van der Waals surface area contributed by atoms with Crippen LogP contribution in [0.25, 0.3) is 10.9 Å². The van der Waals surface area contributed by atoms with Gasteiger partial charge in [-0.1, -0.05) is 6.92 Å². The average molecular weight is 337 g/mol. The zero-order valence-electron chi connectivity index (χ0n) is 14.8. The van der Waals surface area contributed by atoms with Crippen LogP contribution < -0.4 is 4.74 Å². The van der Waals surface area contributed by atoms with Gasteiger partial charge in [0.05, 0.1) is 7.11 Å². The van der Waals surface area contributed by atoms with E-state index in [1.54, 1.807) is 19.5 Å². The predicted molar refractivity (Wildman–Crippen MR) is 98.7 cm³/mol. The summed E-state index contributed by atoms with van der Waals surface area (Å²) in [6.45, 7) is 4.73. The van der Waals surface area contributed by atoms with Crippen LogP contribution in [0.3, 0.4) is 0 Å². The lowest BCUT2D eigenvalue weighted by Gasteiger charge is -2.28. The number of rotatable bonds is 6. The number of pyridine rings is 1. The summed E-state index contributed by atoms with van der Waals surface area (Å²) in [7, 11) is 1.64. The fourth-order valence-corrected chi connectivity index (χ4v) is 2.84. The Morgan fingerprint density at radius 2 is 2.00 bits per heavy atom. The summed E-state index contributed by atoms with van der Waals surface area (Å²) in [5, 5.41) is 0.968. The van der Waals surface area contributed by atoms with Gasteiger partial charge in [0.1, 0.15) is 11.4 Å². The quantitative estimate of drug-likeness (QED) is 0.739. The lowest BCUT2D eigenvalue weighted by molar-refractivity contribution is 0.0666. The highest BCUT2D eigenvalue weighted by molar-refractivity contribution is 5.98. The summed E-state index contributed by atoms with van der Waals surface area (Å²) in [6, 6.07) is 11.7. The number of hydrogen-bond acceptors (Lipinski definition) is 3. The minimum atomic E-state index is 0.00123. The minimum Gasteiger partial charge on any atom is -0.497 e. The van der Waals surface area contributed by atoms with Crippen LogP contribution in [0.1, 0.15) is 36.3 Å². The van der Waals surface area contributed by atoms with Gasteiger partial charge in [-0.15, -0.1) is 0 Å². The van der Waals surface area contributed by atoms with E-state index >= 15 is 0 Å². The highest BCUT2D eigenvalue weighted by Gasteiger charge is 2.22. The van der Waals surface area contributed by atoms with E-state index in [0.717, 1.165) is 28.6 Å². The number of benzene rings is 1. The molecule has 2 heterocycles. The third kappa shape index (κ3) is 3.65. The molecule has 0 aliphatic heterocycles. The standard InChI is InChI=1S/C20H23N3O2/c1-4-14(2)23(13-15-7-9-21-10-8-15)20(24)19-12-16-11-17(25-3)5-6-18(16)22-19/h5-12,14,22H,4,13H2,1-3H3/t14-/m1/s1. The second-order valence-electron chi connectivity index (χ2n) is 6.18. The maximum Gasteiger partial charge on any atom is 0.270 e. The molecule has 5 heteroatoms. The van der Waals surface area contributed by atoms with Gasteiger partial charge in [-0.2, -0.15) is 0 Å². The van der Waals surface area contributed by atoms with Crippen molar-refractivity contribution in [1.29, 1.82) is 0 Å². The van der Waals surface area contributed by atoms with E-state index in [1.165, 1.54) is 0 Å². The number of nitrogens with zero attached hydrogens (tertiary/aromatic N) is 2. The molecule has 0 fully saturated rings. The molecule has 0 aliphatic rings. The second-order valence-corrected chi connectivity index (χ2v) is 6.18. The first-order valence-electron chi connectivity index (χ1n) is 8.49. The van der Waals surface area contributed by atoms with E-state index < -0.39 is 0 Å². The Morgan fingerprint density at radius 3 is 2.68 bits per heavy atom. The number of ether oxygens (including phenoxy) is 1. The van der Waals surface area contributed by atoms with E-state index in [1.807, 2.05) is 41.3 Å². The summed E-state index contributed by atoms with van der Waals surface area (Å²) in [6.07, 6.45) is 4.40. The van der Waals surface area contributed by atoms with Crippen molar-refractivity contribution in [2.24, 2.45) is 0 Å². The van der Waals surface area contributed by atoms with Crippen molar-refractivity contribution >= 4 is 16.8 Å². The zero-order chi connectivity index (χ0) is 17.8. The summed E-state index contributed by atoms with van der Waals surface area (Å²) >= 11 is 0. The Kier molecular flexibility index (Phi) is 5.03. The fraction of sp³-hybridized carbons (Fsp3) is 0.300. The molecule has 1 atom stereocenters. The zero-order valence-corrected chi connectivity index (χ0v) is 14.8. The molecule has 1 N–H and O–H groups in total. The van der Waals surface area contributed by atoms with Crippen molar-refractivity contribution in [3.8, 4) is 5.75 Å². The first-order chi connectivity index (χ1) is 12.1. The molecule has 5 nitrogen and oxygen atoms in total. The van der Waals surface area contributed by atoms with Gasteiger partial charge < -0.3 is 14.6 Å². The van der Waals surface area contributed by atoms with Gasteiger partial charge in [0.2, 0.25) is 0 Å². The molecule has 1 aromatic carbocycles. The molecule has 3 rings (SSSR count). The van der Waals surface area contributed by atoms with Crippen molar-refractivity contribution < 1.29 is 9.53 Å². The van der Waals surface area contributed by atoms with Crippen molar-refractivity contribution in [3.63, 3.8) is 0 Å². The van der Waals surface area contributed by atoms with E-state index in [9.17, 15) is 4.79 Å². The molecule has 3 aromatic rings. The first-order valence-corrected chi connectivity index (χ1v) is 8.49. The number of amides is 1. The topological polar surface area (TPSA) is 58.2 Å². The summed E-state index contributed by atoms with van der Waals surface area (Å²) < 4.78 is 5.26. The third-order valence-electron chi connectivity index (χ3n) is 4.54. The van der Waals surface area contributed by atoms with Crippen molar-refractivity contribution in [3.05, 3.63) is 60.0 Å². The van der Waals surface area contributed by atoms with Crippen LogP contribution in [0.5, 0.6) is 5.75 Å². The number of aromatic amines is 1. The molecular formula is C20H23N3O2. The smallest absolute Gasteiger partial charge is 0.270 e. The van der Waals surface area contributed by atoms with Gasteiger partial charge in [-0.3, -0.25) is 9.78 Å². The Morgan fingerprint density at radius 1 is 1.24 bits per heavy atom. The van der Waals surface area contributed by atoms with Gasteiger partial charge >= 0.3 is 0 Å². The molecule has 0 radical (unpaired) electrons. The van der Waals surface area contributed by atoms with Crippen LogP contribution in [0, 0.1) is 0 Å². The van der Waals surface area contributed by atoms with Crippen LogP contribution >= 0.6 is 0 Å². The Labute approximate surface area is 147 Å². The largest absolute Gasteiger partial charge is 0.497 e. The number of aromatic nitrogens is 2. The first kappa shape index (κ1) is 17.0. The molecule has 130 valence electrons. The fourth-order valence-electron chi connectivity index (χ4n) is 2.84. The number of carbonyl (C=O) groups excluding carboxylic acids is 1. The van der Waals surface area contributed by atoms with Crippen LogP contribution in [0.2, 0.25) is 0 Å². The molecule has 0 saturated carbocycles. The Balaban J connectivity index is 1.91. The van der Waals surface area contributed by atoms with Crippen LogP contribution in [0.4, 0.5) is 0 Å². The Hall–Kier alpha value is -2.82. The minimum absolute atomic E-state index is 0.00123. The number of fused-ring (bicyclic) bond motifs is 1. The second kappa shape index (κ2) is 7.38. The maximum atomic E-state index is 13.1. The van der Waals surface area contributed by atoms with Crippen LogP contribution in [-0.4, -0.2) is 33.9 Å². The van der Waals surface area contributed by atoms with E-state index in [4.69, 9.17) is 4.74 Å². The van der Waals surface area contributed by atoms with Crippen LogP contribution in [-0.2, 0) is 6.54 Å². The third-order valence-corrected chi connectivity index (χ3v) is 4.54. The monoisotopic (exact) mass is 337 g/mol. The molecule has 25 heavy (non-hydrogen) atoms. The number of nitrogens with one attached hydrogen (secondary N) is 1. The summed E-state index contributed by atoms with van der Waals surface area (Å²) in [5.74, 6) is 0.780. The SMILES string of the molecule is CC[C@@H](C)N(Cc1ccncc1)C(=O)c1cc2cc(OC)ccc2[nH]1. The van der Waals surface area contributed by atoms with E-state index in [-0.39, 0.29) is 11.9 Å². The number of hydrogen-bond donors (Lipinski definition) is 1. The van der Waals surface area contributed by atoms with Crippen molar-refractivity contribution in [2.75, 3.05) is 7.11 Å². The molecule has 0 unspecified atom stereocenters. The lowest BCUT2D eigenvalue weighted by Crippen LogP contribution is -2.38. The predicted octanol–water partition coefficient (Wildman–Crippen LogP) is 4.01. The van der Waals surface area contributed by atoms with Gasteiger partial charge in [0, 0.05) is 35.9 Å². The maximum absolute atomic E-state index is 13.1. The molecule has 0 saturated heterocycles. The van der Waals surface area contributed by atoms with E-state index in [2.05, 4.69) is 23.8 Å². The molecule has 0 bridgehead atoms. The van der Waals surface area contributed by atoms with E-state index in [0.29, 0.717) is 12.2 Å². The Bertz CT molecular complexity index is 858. The highest BCUT2D eigenvalue weighted by atomic mass is 16.5. The number of methoxy groups -OCH3 is 1. The molecule has 2 aromatic heterocycles. The molecular weight excluding hydrogens is 314 g/mol. The molecule has 0 spiro atoms. The van der Waals surface area contributed by atoms with Crippen LogP contribution in [0.15, 0.2) is 48.8 Å². The van der Waals surface area contributed by atoms with Gasteiger partial charge in [-0.25, -0.2) is 0 Å². The molecule has 0 aliphatic carbocycles. The average Bonchev–Trinajstić information content (AvgIpc) is 3.09.